The molecular weight excluding hydrogens is 212 g/mol. The summed E-state index contributed by atoms with van der Waals surface area (Å²) in [6.45, 7) is 3.41. The minimum atomic E-state index is 0.296. The number of aliphatic hydroxyl groups excluding tert-OH is 1. The Bertz CT molecular complexity index is 328. The Balaban J connectivity index is 1.91. The largest absolute Gasteiger partial charge is 0.396 e. The maximum atomic E-state index is 9.31. The summed E-state index contributed by atoms with van der Waals surface area (Å²) in [5, 5.41) is 12.6. The Morgan fingerprint density at radius 2 is 2.12 bits per heavy atom. The van der Waals surface area contributed by atoms with Gasteiger partial charge in [-0.25, -0.2) is 0 Å². The lowest BCUT2D eigenvalue weighted by molar-refractivity contribution is 0.0949. The topological polar surface area (TPSA) is 35.5 Å². The fourth-order valence-corrected chi connectivity index (χ4v) is 2.60. The first-order valence-corrected chi connectivity index (χ1v) is 6.38. The summed E-state index contributed by atoms with van der Waals surface area (Å²) in [6.07, 6.45) is 1.08. The number of rotatable bonds is 4. The van der Waals surface area contributed by atoms with Crippen LogP contribution >= 0.6 is 0 Å². The summed E-state index contributed by atoms with van der Waals surface area (Å²) in [7, 11) is 1.99. The van der Waals surface area contributed by atoms with E-state index < -0.39 is 0 Å². The van der Waals surface area contributed by atoms with Crippen LogP contribution in [0, 0.1) is 5.92 Å². The van der Waals surface area contributed by atoms with Gasteiger partial charge in [0, 0.05) is 25.7 Å². The van der Waals surface area contributed by atoms with Gasteiger partial charge in [0.2, 0.25) is 0 Å². The van der Waals surface area contributed by atoms with Gasteiger partial charge in [0.25, 0.3) is 0 Å². The van der Waals surface area contributed by atoms with E-state index in [2.05, 4.69) is 40.5 Å². The Labute approximate surface area is 103 Å². The molecule has 2 rings (SSSR count). The first kappa shape index (κ1) is 12.6. The summed E-state index contributed by atoms with van der Waals surface area (Å²) >= 11 is 0. The Morgan fingerprint density at radius 3 is 2.76 bits per heavy atom. The third kappa shape index (κ3) is 3.28. The second kappa shape index (κ2) is 6.15. The predicted molar refractivity (Wildman–Crippen MR) is 69.8 cm³/mol. The molecule has 2 N–H and O–H groups in total. The van der Waals surface area contributed by atoms with Crippen LogP contribution in [0.5, 0.6) is 0 Å². The van der Waals surface area contributed by atoms with Crippen LogP contribution in [0.15, 0.2) is 30.3 Å². The number of nitrogens with one attached hydrogen (secondary N) is 1. The summed E-state index contributed by atoms with van der Waals surface area (Å²) in [6, 6.07) is 11.0. The van der Waals surface area contributed by atoms with Crippen molar-refractivity contribution >= 4 is 0 Å². The molecule has 17 heavy (non-hydrogen) atoms. The SMILES string of the molecule is CN[C@@H]1CN(Cc2ccccc2)CC[C@@H]1CO. The number of hydrogen-bond acceptors (Lipinski definition) is 3. The van der Waals surface area contributed by atoms with E-state index in [0.29, 0.717) is 18.6 Å². The van der Waals surface area contributed by atoms with Gasteiger partial charge in [-0.05, 0) is 31.5 Å². The molecule has 0 unspecified atom stereocenters. The third-order valence-electron chi connectivity index (χ3n) is 3.69. The smallest absolute Gasteiger partial charge is 0.0475 e. The normalized spacial score (nSPS) is 26.0. The minimum absolute atomic E-state index is 0.296. The van der Waals surface area contributed by atoms with Gasteiger partial charge in [-0.1, -0.05) is 30.3 Å². The molecule has 1 saturated heterocycles. The van der Waals surface area contributed by atoms with E-state index >= 15 is 0 Å². The minimum Gasteiger partial charge on any atom is -0.396 e. The number of aliphatic hydroxyl groups is 1. The van der Waals surface area contributed by atoms with Crippen molar-refractivity contribution in [1.29, 1.82) is 0 Å². The van der Waals surface area contributed by atoms with Gasteiger partial charge < -0.3 is 10.4 Å². The zero-order valence-corrected chi connectivity index (χ0v) is 10.5. The van der Waals surface area contributed by atoms with Crippen molar-refractivity contribution in [2.24, 2.45) is 5.92 Å². The zero-order valence-electron chi connectivity index (χ0n) is 10.5. The highest BCUT2D eigenvalue weighted by Crippen LogP contribution is 2.18. The van der Waals surface area contributed by atoms with E-state index in [1.807, 2.05) is 7.05 Å². The van der Waals surface area contributed by atoms with E-state index in [9.17, 15) is 5.11 Å². The molecule has 0 aromatic heterocycles. The van der Waals surface area contributed by atoms with Gasteiger partial charge in [-0.15, -0.1) is 0 Å². The standard InChI is InChI=1S/C14H22N2O/c1-15-14-10-16(8-7-13(14)11-17)9-12-5-3-2-4-6-12/h2-6,13-15,17H,7-11H2,1H3/t13-,14-/m1/s1. The predicted octanol–water partition coefficient (Wildman–Crippen LogP) is 1.09. The van der Waals surface area contributed by atoms with E-state index in [4.69, 9.17) is 0 Å². The molecule has 1 aliphatic rings. The van der Waals surface area contributed by atoms with Crippen LogP contribution < -0.4 is 5.32 Å². The van der Waals surface area contributed by atoms with Gasteiger partial charge >= 0.3 is 0 Å². The Morgan fingerprint density at radius 1 is 1.35 bits per heavy atom. The second-order valence-corrected chi connectivity index (χ2v) is 4.85. The van der Waals surface area contributed by atoms with Crippen LogP contribution in [0.1, 0.15) is 12.0 Å². The second-order valence-electron chi connectivity index (χ2n) is 4.85. The molecule has 0 bridgehead atoms. The third-order valence-corrected chi connectivity index (χ3v) is 3.69. The van der Waals surface area contributed by atoms with E-state index in [1.54, 1.807) is 0 Å². The maximum Gasteiger partial charge on any atom is 0.0475 e. The van der Waals surface area contributed by atoms with Crippen molar-refractivity contribution in [2.75, 3.05) is 26.7 Å². The molecule has 0 spiro atoms. The van der Waals surface area contributed by atoms with Gasteiger partial charge in [-0.2, -0.15) is 0 Å². The Kier molecular flexibility index (Phi) is 4.54. The van der Waals surface area contributed by atoms with Crippen molar-refractivity contribution in [3.63, 3.8) is 0 Å². The number of benzene rings is 1. The number of nitrogens with zero attached hydrogens (tertiary/aromatic N) is 1. The van der Waals surface area contributed by atoms with Crippen molar-refractivity contribution < 1.29 is 5.11 Å². The van der Waals surface area contributed by atoms with E-state index in [0.717, 1.165) is 26.1 Å². The first-order chi connectivity index (χ1) is 8.33. The van der Waals surface area contributed by atoms with Crippen LogP contribution in [0.25, 0.3) is 0 Å². The fourth-order valence-electron chi connectivity index (χ4n) is 2.60. The van der Waals surface area contributed by atoms with Crippen molar-refractivity contribution in [3.05, 3.63) is 35.9 Å². The lowest BCUT2D eigenvalue weighted by Gasteiger charge is -2.37. The molecule has 1 aromatic carbocycles. The summed E-state index contributed by atoms with van der Waals surface area (Å²) < 4.78 is 0. The maximum absolute atomic E-state index is 9.31. The van der Waals surface area contributed by atoms with Gasteiger partial charge in [0.05, 0.1) is 0 Å². The average molecular weight is 234 g/mol. The number of likely N-dealkylation sites (tertiary alicyclic amines) is 1. The lowest BCUT2D eigenvalue weighted by atomic mass is 9.92. The van der Waals surface area contributed by atoms with Gasteiger partial charge in [0.1, 0.15) is 0 Å². The molecule has 0 radical (unpaired) electrons. The Hall–Kier alpha value is -0.900. The summed E-state index contributed by atoms with van der Waals surface area (Å²) in [4.78, 5) is 2.46. The molecule has 2 atom stereocenters. The molecule has 1 aliphatic heterocycles. The summed E-state index contributed by atoms with van der Waals surface area (Å²) in [5.41, 5.74) is 1.37. The molecule has 0 saturated carbocycles. The van der Waals surface area contributed by atoms with E-state index in [-0.39, 0.29) is 0 Å². The van der Waals surface area contributed by atoms with Crippen molar-refractivity contribution in [3.8, 4) is 0 Å². The fraction of sp³-hybridized carbons (Fsp3) is 0.571. The molecule has 1 heterocycles. The molecule has 94 valence electrons. The highest BCUT2D eigenvalue weighted by Gasteiger charge is 2.27. The molecule has 1 aromatic rings. The monoisotopic (exact) mass is 234 g/mol. The lowest BCUT2D eigenvalue weighted by Crippen LogP contribution is -2.50. The number of piperidine rings is 1. The van der Waals surface area contributed by atoms with Crippen LogP contribution in [0.4, 0.5) is 0 Å². The van der Waals surface area contributed by atoms with Gasteiger partial charge in [-0.3, -0.25) is 4.90 Å². The number of likely N-dealkylation sites (N-methyl/N-ethyl adjacent to an activating group) is 1. The molecule has 0 amide bonds. The highest BCUT2D eigenvalue weighted by atomic mass is 16.3. The molecule has 3 nitrogen and oxygen atoms in total. The first-order valence-electron chi connectivity index (χ1n) is 6.38. The average Bonchev–Trinajstić information content (AvgIpc) is 2.40. The van der Waals surface area contributed by atoms with Crippen LogP contribution in [0.3, 0.4) is 0 Å². The number of hydrogen-bond donors (Lipinski definition) is 2. The molecule has 1 fully saturated rings. The highest BCUT2D eigenvalue weighted by molar-refractivity contribution is 5.14. The van der Waals surface area contributed by atoms with E-state index in [1.165, 1.54) is 5.56 Å². The quantitative estimate of drug-likeness (QED) is 0.818. The van der Waals surface area contributed by atoms with Crippen LogP contribution in [-0.4, -0.2) is 42.8 Å². The molecular formula is C14H22N2O. The van der Waals surface area contributed by atoms with Gasteiger partial charge in [0.15, 0.2) is 0 Å². The summed E-state index contributed by atoms with van der Waals surface area (Å²) in [5.74, 6) is 0.409. The molecule has 3 heteroatoms. The van der Waals surface area contributed by atoms with Crippen molar-refractivity contribution in [2.45, 2.75) is 19.0 Å². The van der Waals surface area contributed by atoms with Crippen LogP contribution in [-0.2, 0) is 6.54 Å². The zero-order chi connectivity index (χ0) is 12.1. The van der Waals surface area contributed by atoms with Crippen molar-refractivity contribution in [1.82, 2.24) is 10.2 Å². The van der Waals surface area contributed by atoms with Crippen LogP contribution in [0.2, 0.25) is 0 Å². The molecule has 0 aliphatic carbocycles.